The molecule has 5 heteroatoms. The standard InChI is InChI=1S/C13H7ClF2O2/c14-10-2-1-3-11(16)12(10)7-4-8(13(17)18)6-9(15)5-7/h1-6H,(H,17,18). The third-order valence-electron chi connectivity index (χ3n) is 2.40. The van der Waals surface area contributed by atoms with Gasteiger partial charge in [0.2, 0.25) is 0 Å². The molecule has 0 aliphatic heterocycles. The maximum atomic E-state index is 13.6. The summed E-state index contributed by atoms with van der Waals surface area (Å²) in [4.78, 5) is 10.8. The van der Waals surface area contributed by atoms with Gasteiger partial charge in [0, 0.05) is 5.56 Å². The SMILES string of the molecule is O=C(O)c1cc(F)cc(-c2c(F)cccc2Cl)c1. The minimum atomic E-state index is -1.29. The minimum Gasteiger partial charge on any atom is -0.478 e. The molecule has 0 aromatic heterocycles. The van der Waals surface area contributed by atoms with Crippen LogP contribution in [-0.2, 0) is 0 Å². The summed E-state index contributed by atoms with van der Waals surface area (Å²) in [6.07, 6.45) is 0. The molecule has 0 fully saturated rings. The lowest BCUT2D eigenvalue weighted by Crippen LogP contribution is -1.98. The second kappa shape index (κ2) is 4.74. The largest absolute Gasteiger partial charge is 0.478 e. The van der Waals surface area contributed by atoms with Gasteiger partial charge in [-0.25, -0.2) is 13.6 Å². The number of aromatic carboxylic acids is 1. The highest BCUT2D eigenvalue weighted by molar-refractivity contribution is 6.33. The number of hydrogen-bond donors (Lipinski definition) is 1. The Morgan fingerprint density at radius 1 is 1.17 bits per heavy atom. The summed E-state index contributed by atoms with van der Waals surface area (Å²) in [5.74, 6) is -2.68. The molecule has 18 heavy (non-hydrogen) atoms. The van der Waals surface area contributed by atoms with Crippen LogP contribution in [0.4, 0.5) is 8.78 Å². The van der Waals surface area contributed by atoms with Crippen LogP contribution in [0.1, 0.15) is 10.4 Å². The number of carboxylic acids is 1. The Bertz CT molecular complexity index is 606. The Morgan fingerprint density at radius 3 is 2.50 bits per heavy atom. The fraction of sp³-hybridized carbons (Fsp3) is 0. The minimum absolute atomic E-state index is 0.0128. The van der Waals surface area contributed by atoms with Gasteiger partial charge in [0.1, 0.15) is 11.6 Å². The first-order valence-electron chi connectivity index (χ1n) is 4.97. The number of hydrogen-bond acceptors (Lipinski definition) is 1. The van der Waals surface area contributed by atoms with E-state index in [4.69, 9.17) is 16.7 Å². The lowest BCUT2D eigenvalue weighted by molar-refractivity contribution is 0.0696. The van der Waals surface area contributed by atoms with Crippen molar-refractivity contribution in [3.63, 3.8) is 0 Å². The smallest absolute Gasteiger partial charge is 0.335 e. The Hall–Kier alpha value is -1.94. The molecule has 2 nitrogen and oxygen atoms in total. The van der Waals surface area contributed by atoms with Gasteiger partial charge in [-0.3, -0.25) is 0 Å². The van der Waals surface area contributed by atoms with E-state index in [1.54, 1.807) is 0 Å². The number of rotatable bonds is 2. The first-order chi connectivity index (χ1) is 8.49. The predicted molar refractivity (Wildman–Crippen MR) is 63.8 cm³/mol. The molecule has 0 bridgehead atoms. The number of benzene rings is 2. The lowest BCUT2D eigenvalue weighted by atomic mass is 10.0. The zero-order valence-corrected chi connectivity index (χ0v) is 9.71. The molecule has 0 unspecified atom stereocenters. The molecule has 92 valence electrons. The molecule has 0 saturated carbocycles. The van der Waals surface area contributed by atoms with Crippen LogP contribution in [0, 0.1) is 11.6 Å². The van der Waals surface area contributed by atoms with Crippen LogP contribution < -0.4 is 0 Å². The van der Waals surface area contributed by atoms with Crippen LogP contribution in [0.3, 0.4) is 0 Å². The van der Waals surface area contributed by atoms with Crippen molar-refractivity contribution in [2.24, 2.45) is 0 Å². The molecule has 1 N–H and O–H groups in total. The molecule has 0 aliphatic rings. The van der Waals surface area contributed by atoms with E-state index < -0.39 is 17.6 Å². The monoisotopic (exact) mass is 268 g/mol. The Morgan fingerprint density at radius 2 is 1.89 bits per heavy atom. The molecular formula is C13H7ClF2O2. The normalized spacial score (nSPS) is 10.4. The van der Waals surface area contributed by atoms with Crippen LogP contribution in [0.5, 0.6) is 0 Å². The topological polar surface area (TPSA) is 37.3 Å². The molecule has 2 rings (SSSR count). The van der Waals surface area contributed by atoms with Gasteiger partial charge in [-0.15, -0.1) is 0 Å². The maximum absolute atomic E-state index is 13.6. The molecule has 2 aromatic rings. The van der Waals surface area contributed by atoms with Crippen LogP contribution in [0.2, 0.25) is 5.02 Å². The summed E-state index contributed by atoms with van der Waals surface area (Å²) in [7, 11) is 0. The van der Waals surface area contributed by atoms with E-state index in [-0.39, 0.29) is 21.7 Å². The summed E-state index contributed by atoms with van der Waals surface area (Å²) in [5.41, 5.74) is -0.180. The van der Waals surface area contributed by atoms with Crippen molar-refractivity contribution in [2.45, 2.75) is 0 Å². The predicted octanol–water partition coefficient (Wildman–Crippen LogP) is 3.98. The van der Waals surface area contributed by atoms with Crippen molar-refractivity contribution in [3.8, 4) is 11.1 Å². The third kappa shape index (κ3) is 2.33. The van der Waals surface area contributed by atoms with Crippen LogP contribution >= 0.6 is 11.6 Å². The van der Waals surface area contributed by atoms with E-state index >= 15 is 0 Å². The first kappa shape index (κ1) is 12.5. The van der Waals surface area contributed by atoms with Crippen molar-refractivity contribution < 1.29 is 18.7 Å². The molecule has 0 spiro atoms. The highest BCUT2D eigenvalue weighted by Gasteiger charge is 2.13. The van der Waals surface area contributed by atoms with Crippen molar-refractivity contribution in [1.29, 1.82) is 0 Å². The van der Waals surface area contributed by atoms with Gasteiger partial charge >= 0.3 is 5.97 Å². The maximum Gasteiger partial charge on any atom is 0.335 e. The van der Waals surface area contributed by atoms with Gasteiger partial charge in [0.25, 0.3) is 0 Å². The van der Waals surface area contributed by atoms with Crippen LogP contribution in [0.15, 0.2) is 36.4 Å². The molecular weight excluding hydrogens is 262 g/mol. The third-order valence-corrected chi connectivity index (χ3v) is 2.71. The van der Waals surface area contributed by atoms with Crippen LogP contribution in [0.25, 0.3) is 11.1 Å². The fourth-order valence-electron chi connectivity index (χ4n) is 1.63. The summed E-state index contributed by atoms with van der Waals surface area (Å²) in [5, 5.41) is 8.92. The zero-order valence-electron chi connectivity index (χ0n) is 8.95. The second-order valence-corrected chi connectivity index (χ2v) is 4.04. The summed E-state index contributed by atoms with van der Waals surface area (Å²) in [6.45, 7) is 0. The lowest BCUT2D eigenvalue weighted by Gasteiger charge is -2.07. The molecule has 0 amide bonds. The summed E-state index contributed by atoms with van der Waals surface area (Å²) >= 11 is 5.84. The van der Waals surface area contributed by atoms with Gasteiger partial charge in [0.15, 0.2) is 0 Å². The highest BCUT2D eigenvalue weighted by atomic mass is 35.5. The van der Waals surface area contributed by atoms with Gasteiger partial charge in [-0.2, -0.15) is 0 Å². The van der Waals surface area contributed by atoms with Crippen molar-refractivity contribution in [1.82, 2.24) is 0 Å². The van der Waals surface area contributed by atoms with Crippen molar-refractivity contribution in [2.75, 3.05) is 0 Å². The molecule has 0 atom stereocenters. The average molecular weight is 269 g/mol. The Balaban J connectivity index is 2.68. The summed E-state index contributed by atoms with van der Waals surface area (Å²) in [6, 6.07) is 7.11. The van der Waals surface area contributed by atoms with Crippen molar-refractivity contribution in [3.05, 3.63) is 58.6 Å². The average Bonchev–Trinajstić information content (AvgIpc) is 2.28. The fourth-order valence-corrected chi connectivity index (χ4v) is 1.90. The number of halogens is 3. The van der Waals surface area contributed by atoms with E-state index in [0.29, 0.717) is 0 Å². The first-order valence-corrected chi connectivity index (χ1v) is 5.35. The van der Waals surface area contributed by atoms with Gasteiger partial charge in [0.05, 0.1) is 10.6 Å². The van der Waals surface area contributed by atoms with E-state index in [2.05, 4.69) is 0 Å². The quantitative estimate of drug-likeness (QED) is 0.894. The van der Waals surface area contributed by atoms with Gasteiger partial charge < -0.3 is 5.11 Å². The van der Waals surface area contributed by atoms with E-state index in [0.717, 1.165) is 12.1 Å². The Labute approximate surface area is 106 Å². The molecule has 0 radical (unpaired) electrons. The Kier molecular flexibility index (Phi) is 3.30. The van der Waals surface area contributed by atoms with Gasteiger partial charge in [-0.05, 0) is 35.9 Å². The second-order valence-electron chi connectivity index (χ2n) is 3.63. The summed E-state index contributed by atoms with van der Waals surface area (Å²) < 4.78 is 27.0. The molecule has 0 heterocycles. The molecule has 0 aliphatic carbocycles. The molecule has 2 aromatic carbocycles. The number of carbonyl (C=O) groups is 1. The van der Waals surface area contributed by atoms with E-state index in [1.165, 1.54) is 24.3 Å². The van der Waals surface area contributed by atoms with Crippen LogP contribution in [-0.4, -0.2) is 11.1 Å². The zero-order chi connectivity index (χ0) is 13.3. The highest BCUT2D eigenvalue weighted by Crippen LogP contribution is 2.31. The van der Waals surface area contributed by atoms with E-state index in [1.807, 2.05) is 0 Å². The number of carboxylic acid groups (broad SMARTS) is 1. The van der Waals surface area contributed by atoms with E-state index in [9.17, 15) is 13.6 Å². The molecule has 0 saturated heterocycles. The van der Waals surface area contributed by atoms with Crippen molar-refractivity contribution >= 4 is 17.6 Å². The van der Waals surface area contributed by atoms with Gasteiger partial charge in [-0.1, -0.05) is 17.7 Å².